The van der Waals surface area contributed by atoms with Gasteiger partial charge in [-0.15, -0.1) is 0 Å². The predicted octanol–water partition coefficient (Wildman–Crippen LogP) is 1.06. The van der Waals surface area contributed by atoms with Gasteiger partial charge in [0.2, 0.25) is 5.91 Å². The van der Waals surface area contributed by atoms with Gasteiger partial charge in [0.1, 0.15) is 0 Å². The van der Waals surface area contributed by atoms with Gasteiger partial charge in [0, 0.05) is 12.0 Å². The average Bonchev–Trinajstić information content (AvgIpc) is 2.19. The molecular weight excluding hydrogens is 166 g/mol. The highest BCUT2D eigenvalue weighted by molar-refractivity contribution is 5.78. The molecule has 0 radical (unpaired) electrons. The molecule has 3 nitrogen and oxygen atoms in total. The number of hydrogen-bond acceptors (Lipinski definition) is 2. The van der Waals surface area contributed by atoms with Crippen molar-refractivity contribution in [3.63, 3.8) is 0 Å². The van der Waals surface area contributed by atoms with Crippen molar-refractivity contribution in [3.8, 4) is 0 Å². The van der Waals surface area contributed by atoms with E-state index >= 15 is 0 Å². The number of carbonyl (C=O) groups is 1. The lowest BCUT2D eigenvalue weighted by Crippen LogP contribution is -2.39. The molecule has 0 aromatic rings. The van der Waals surface area contributed by atoms with E-state index < -0.39 is 0 Å². The second-order valence-electron chi connectivity index (χ2n) is 3.93. The van der Waals surface area contributed by atoms with Gasteiger partial charge >= 0.3 is 0 Å². The van der Waals surface area contributed by atoms with E-state index in [2.05, 4.69) is 5.32 Å². The summed E-state index contributed by atoms with van der Waals surface area (Å²) in [5.41, 5.74) is 0. The fourth-order valence-corrected chi connectivity index (χ4v) is 1.77. The van der Waals surface area contributed by atoms with E-state index in [0.717, 1.165) is 12.8 Å². The van der Waals surface area contributed by atoms with Gasteiger partial charge in [-0.3, -0.25) is 4.79 Å². The van der Waals surface area contributed by atoms with Crippen LogP contribution in [0.5, 0.6) is 0 Å². The highest BCUT2D eigenvalue weighted by Crippen LogP contribution is 2.23. The smallest absolute Gasteiger partial charge is 0.223 e. The maximum Gasteiger partial charge on any atom is 0.223 e. The topological polar surface area (TPSA) is 49.3 Å². The number of rotatable bonds is 3. The third-order valence-corrected chi connectivity index (χ3v) is 2.64. The van der Waals surface area contributed by atoms with Crippen LogP contribution in [0.3, 0.4) is 0 Å². The summed E-state index contributed by atoms with van der Waals surface area (Å²) in [5, 5.41) is 11.6. The summed E-state index contributed by atoms with van der Waals surface area (Å²) in [6.45, 7) is 1.85. The second-order valence-corrected chi connectivity index (χ2v) is 3.93. The molecule has 0 heterocycles. The maximum absolute atomic E-state index is 11.5. The Kier molecular flexibility index (Phi) is 4.22. The first kappa shape index (κ1) is 10.5. The van der Waals surface area contributed by atoms with Gasteiger partial charge in [0.25, 0.3) is 0 Å². The van der Waals surface area contributed by atoms with E-state index in [4.69, 9.17) is 5.11 Å². The van der Waals surface area contributed by atoms with Crippen LogP contribution in [0, 0.1) is 5.92 Å². The van der Waals surface area contributed by atoms with E-state index in [-0.39, 0.29) is 24.5 Å². The Balaban J connectivity index is 2.29. The first-order valence-corrected chi connectivity index (χ1v) is 5.15. The van der Waals surface area contributed by atoms with E-state index in [9.17, 15) is 4.79 Å². The van der Waals surface area contributed by atoms with Crippen molar-refractivity contribution in [2.75, 3.05) is 6.61 Å². The Hall–Kier alpha value is -0.570. The first-order valence-electron chi connectivity index (χ1n) is 5.15. The Bertz CT molecular complexity index is 164. The molecule has 0 aromatic heterocycles. The van der Waals surface area contributed by atoms with Gasteiger partial charge in [-0.05, 0) is 19.8 Å². The van der Waals surface area contributed by atoms with E-state index in [1.54, 1.807) is 0 Å². The summed E-state index contributed by atoms with van der Waals surface area (Å²) >= 11 is 0. The number of nitrogens with one attached hydrogen (secondary N) is 1. The molecule has 0 aliphatic heterocycles. The summed E-state index contributed by atoms with van der Waals surface area (Å²) in [7, 11) is 0. The zero-order chi connectivity index (χ0) is 9.68. The second kappa shape index (κ2) is 5.22. The fourth-order valence-electron chi connectivity index (χ4n) is 1.77. The molecular formula is C10H19NO2. The molecule has 1 atom stereocenters. The standard InChI is InChI=1S/C10H19NO2/c1-8(7-12)11-10(13)9-5-3-2-4-6-9/h8-9,12H,2-7H2,1H3,(H,11,13). The quantitative estimate of drug-likeness (QED) is 0.691. The first-order chi connectivity index (χ1) is 6.24. The molecule has 0 saturated heterocycles. The van der Waals surface area contributed by atoms with Crippen molar-refractivity contribution in [3.05, 3.63) is 0 Å². The van der Waals surface area contributed by atoms with Gasteiger partial charge < -0.3 is 10.4 Å². The minimum atomic E-state index is -0.102. The van der Waals surface area contributed by atoms with Crippen molar-refractivity contribution in [1.29, 1.82) is 0 Å². The summed E-state index contributed by atoms with van der Waals surface area (Å²) in [5.74, 6) is 0.323. The van der Waals surface area contributed by atoms with Crippen LogP contribution in [0.4, 0.5) is 0 Å². The minimum absolute atomic E-state index is 0.0262. The van der Waals surface area contributed by atoms with Crippen LogP contribution in [-0.4, -0.2) is 23.7 Å². The highest BCUT2D eigenvalue weighted by atomic mass is 16.3. The molecule has 13 heavy (non-hydrogen) atoms. The zero-order valence-corrected chi connectivity index (χ0v) is 8.25. The largest absolute Gasteiger partial charge is 0.394 e. The third kappa shape index (κ3) is 3.35. The summed E-state index contributed by atoms with van der Waals surface area (Å²) < 4.78 is 0. The van der Waals surface area contributed by atoms with Crippen molar-refractivity contribution in [2.45, 2.75) is 45.1 Å². The summed E-state index contributed by atoms with van der Waals surface area (Å²) in [6.07, 6.45) is 5.64. The number of hydrogen-bond donors (Lipinski definition) is 2. The van der Waals surface area contributed by atoms with Gasteiger partial charge in [0.05, 0.1) is 6.61 Å². The Morgan fingerprint density at radius 2 is 2.08 bits per heavy atom. The van der Waals surface area contributed by atoms with Crippen molar-refractivity contribution in [2.24, 2.45) is 5.92 Å². The molecule has 76 valence electrons. The Morgan fingerprint density at radius 3 is 2.62 bits per heavy atom. The van der Waals surface area contributed by atoms with E-state index in [1.165, 1.54) is 19.3 Å². The molecule has 1 aliphatic rings. The number of aliphatic hydroxyl groups excluding tert-OH is 1. The van der Waals surface area contributed by atoms with Crippen molar-refractivity contribution < 1.29 is 9.90 Å². The molecule has 1 amide bonds. The number of aliphatic hydroxyl groups is 1. The molecule has 1 saturated carbocycles. The van der Waals surface area contributed by atoms with Gasteiger partial charge in [-0.2, -0.15) is 0 Å². The number of carbonyl (C=O) groups excluding carboxylic acids is 1. The maximum atomic E-state index is 11.5. The van der Waals surface area contributed by atoms with Gasteiger partial charge in [0.15, 0.2) is 0 Å². The van der Waals surface area contributed by atoms with E-state index in [0.29, 0.717) is 0 Å². The van der Waals surface area contributed by atoms with Crippen LogP contribution in [0.1, 0.15) is 39.0 Å². The lowest BCUT2D eigenvalue weighted by Gasteiger charge is -2.22. The monoisotopic (exact) mass is 185 g/mol. The van der Waals surface area contributed by atoms with Crippen molar-refractivity contribution in [1.82, 2.24) is 5.32 Å². The Labute approximate surface area is 79.5 Å². The molecule has 1 rings (SSSR count). The summed E-state index contributed by atoms with van der Waals surface area (Å²) in [4.78, 5) is 11.5. The van der Waals surface area contributed by atoms with Crippen LogP contribution >= 0.6 is 0 Å². The normalized spacial score (nSPS) is 21.1. The lowest BCUT2D eigenvalue weighted by molar-refractivity contribution is -0.126. The zero-order valence-electron chi connectivity index (χ0n) is 8.25. The van der Waals surface area contributed by atoms with Crippen LogP contribution < -0.4 is 5.32 Å². The SMILES string of the molecule is CC(CO)NC(=O)C1CCCCC1. The molecule has 1 aliphatic carbocycles. The Morgan fingerprint density at radius 1 is 1.46 bits per heavy atom. The molecule has 0 aromatic carbocycles. The molecule has 0 spiro atoms. The molecule has 0 bridgehead atoms. The summed E-state index contributed by atoms with van der Waals surface area (Å²) in [6, 6.07) is -0.102. The van der Waals surface area contributed by atoms with Crippen LogP contribution in [-0.2, 0) is 4.79 Å². The molecule has 3 heteroatoms. The van der Waals surface area contributed by atoms with Gasteiger partial charge in [-0.1, -0.05) is 19.3 Å². The predicted molar refractivity (Wildman–Crippen MR) is 51.3 cm³/mol. The van der Waals surface area contributed by atoms with E-state index in [1.807, 2.05) is 6.92 Å². The van der Waals surface area contributed by atoms with Crippen LogP contribution in [0.2, 0.25) is 0 Å². The molecule has 1 unspecified atom stereocenters. The average molecular weight is 185 g/mol. The molecule has 1 fully saturated rings. The van der Waals surface area contributed by atoms with Crippen molar-refractivity contribution >= 4 is 5.91 Å². The van der Waals surface area contributed by atoms with Crippen LogP contribution in [0.25, 0.3) is 0 Å². The van der Waals surface area contributed by atoms with Crippen LogP contribution in [0.15, 0.2) is 0 Å². The third-order valence-electron chi connectivity index (χ3n) is 2.64. The fraction of sp³-hybridized carbons (Fsp3) is 0.900. The molecule has 2 N–H and O–H groups in total. The van der Waals surface area contributed by atoms with Gasteiger partial charge in [-0.25, -0.2) is 0 Å². The lowest BCUT2D eigenvalue weighted by atomic mass is 9.88. The highest BCUT2D eigenvalue weighted by Gasteiger charge is 2.21. The number of amides is 1. The minimum Gasteiger partial charge on any atom is -0.394 e.